The van der Waals surface area contributed by atoms with Crippen LogP contribution in [0.3, 0.4) is 0 Å². The van der Waals surface area contributed by atoms with Gasteiger partial charge < -0.3 is 10.3 Å². The van der Waals surface area contributed by atoms with Crippen LogP contribution in [-0.2, 0) is 18.4 Å². The van der Waals surface area contributed by atoms with Crippen LogP contribution in [0.5, 0.6) is 0 Å². The summed E-state index contributed by atoms with van der Waals surface area (Å²) in [6.45, 7) is 1.81. The Morgan fingerprint density at radius 2 is 1.79 bits per heavy atom. The van der Waals surface area contributed by atoms with E-state index in [4.69, 9.17) is 0 Å². The van der Waals surface area contributed by atoms with Crippen LogP contribution in [0.2, 0.25) is 0 Å². The highest BCUT2D eigenvalue weighted by molar-refractivity contribution is 5.81. The molecule has 0 aliphatic heterocycles. The second kappa shape index (κ2) is 7.19. The number of hydrogen-bond acceptors (Lipinski definition) is 3. The van der Waals surface area contributed by atoms with Crippen LogP contribution in [0, 0.1) is 0 Å². The number of nitrogens with one attached hydrogen (secondary N) is 2. The molecule has 7 heteroatoms. The molecule has 0 fully saturated rings. The standard InChI is InChI=1S/C21H21N5O2/c1-14(20-22-12-16(24-20)15-8-4-3-5-9-15)23-19(27)13-26-18-11-7-6-10-17(18)25(2)21(26)28/h3-12,14H,13H2,1-2H3,(H,22,24)(H,23,27)/t14-/m1/s1. The van der Waals surface area contributed by atoms with E-state index in [-0.39, 0.29) is 24.2 Å². The van der Waals surface area contributed by atoms with Gasteiger partial charge in [-0.15, -0.1) is 0 Å². The van der Waals surface area contributed by atoms with Gasteiger partial charge in [-0.25, -0.2) is 9.78 Å². The zero-order chi connectivity index (χ0) is 19.7. The molecule has 7 nitrogen and oxygen atoms in total. The maximum Gasteiger partial charge on any atom is 0.329 e. The SMILES string of the molecule is C[C@@H](NC(=O)Cn1c(=O)n(C)c2ccccc21)c1ncc(-c2ccccc2)[nH]1. The van der Waals surface area contributed by atoms with Crippen LogP contribution in [0.25, 0.3) is 22.3 Å². The van der Waals surface area contributed by atoms with Gasteiger partial charge in [0, 0.05) is 7.05 Å². The predicted octanol–water partition coefficient (Wildman–Crippen LogP) is 2.61. The minimum absolute atomic E-state index is 0.0449. The molecule has 2 heterocycles. The lowest BCUT2D eigenvalue weighted by atomic mass is 10.2. The number of aromatic nitrogens is 4. The van der Waals surface area contributed by atoms with Gasteiger partial charge in [0.05, 0.1) is 29.0 Å². The first-order valence-electron chi connectivity index (χ1n) is 9.08. The highest BCUT2D eigenvalue weighted by Crippen LogP contribution is 2.19. The van der Waals surface area contributed by atoms with Gasteiger partial charge in [0.25, 0.3) is 0 Å². The number of amides is 1. The highest BCUT2D eigenvalue weighted by Gasteiger charge is 2.17. The molecule has 2 aromatic carbocycles. The predicted molar refractivity (Wildman–Crippen MR) is 108 cm³/mol. The van der Waals surface area contributed by atoms with Crippen molar-refractivity contribution in [3.63, 3.8) is 0 Å². The Bertz CT molecular complexity index is 1190. The van der Waals surface area contributed by atoms with Gasteiger partial charge in [-0.2, -0.15) is 0 Å². The molecule has 142 valence electrons. The Morgan fingerprint density at radius 1 is 1.11 bits per heavy atom. The normalized spacial score (nSPS) is 12.2. The first kappa shape index (κ1) is 17.8. The molecule has 0 aliphatic rings. The molecule has 2 N–H and O–H groups in total. The number of carbonyl (C=O) groups excluding carboxylic acids is 1. The Balaban J connectivity index is 1.50. The second-order valence-corrected chi connectivity index (χ2v) is 6.75. The molecular formula is C21H21N5O2. The summed E-state index contributed by atoms with van der Waals surface area (Å²) in [4.78, 5) is 32.6. The molecular weight excluding hydrogens is 354 g/mol. The molecule has 4 aromatic rings. The molecule has 1 atom stereocenters. The Labute approximate surface area is 161 Å². The zero-order valence-electron chi connectivity index (χ0n) is 15.7. The number of aromatic amines is 1. The average Bonchev–Trinajstić information content (AvgIpc) is 3.29. The molecule has 0 unspecified atom stereocenters. The molecule has 0 saturated heterocycles. The first-order chi connectivity index (χ1) is 13.5. The lowest BCUT2D eigenvalue weighted by Gasteiger charge is -2.12. The minimum Gasteiger partial charge on any atom is -0.345 e. The monoisotopic (exact) mass is 375 g/mol. The summed E-state index contributed by atoms with van der Waals surface area (Å²) >= 11 is 0. The van der Waals surface area contributed by atoms with E-state index in [1.165, 1.54) is 4.57 Å². The van der Waals surface area contributed by atoms with Crippen molar-refractivity contribution in [2.75, 3.05) is 0 Å². The Morgan fingerprint density at radius 3 is 2.54 bits per heavy atom. The van der Waals surface area contributed by atoms with Crippen LogP contribution in [0.4, 0.5) is 0 Å². The van der Waals surface area contributed by atoms with Gasteiger partial charge >= 0.3 is 5.69 Å². The van der Waals surface area contributed by atoms with Crippen molar-refractivity contribution in [3.05, 3.63) is 77.1 Å². The molecule has 1 amide bonds. The quantitative estimate of drug-likeness (QED) is 0.562. The van der Waals surface area contributed by atoms with E-state index >= 15 is 0 Å². The second-order valence-electron chi connectivity index (χ2n) is 6.75. The zero-order valence-corrected chi connectivity index (χ0v) is 15.7. The van der Waals surface area contributed by atoms with Gasteiger partial charge in [0.1, 0.15) is 12.4 Å². The summed E-state index contributed by atoms with van der Waals surface area (Å²) in [7, 11) is 1.70. The third-order valence-corrected chi connectivity index (χ3v) is 4.82. The maximum absolute atomic E-state index is 12.6. The Hall–Kier alpha value is -3.61. The third-order valence-electron chi connectivity index (χ3n) is 4.82. The smallest absolute Gasteiger partial charge is 0.329 e. The van der Waals surface area contributed by atoms with Crippen LogP contribution in [-0.4, -0.2) is 25.0 Å². The largest absolute Gasteiger partial charge is 0.345 e. The fourth-order valence-electron chi connectivity index (χ4n) is 3.34. The van der Waals surface area contributed by atoms with Crippen molar-refractivity contribution < 1.29 is 4.79 Å². The van der Waals surface area contributed by atoms with E-state index in [0.717, 1.165) is 22.3 Å². The topological polar surface area (TPSA) is 84.7 Å². The molecule has 0 aliphatic carbocycles. The van der Waals surface area contributed by atoms with Gasteiger partial charge in [-0.1, -0.05) is 42.5 Å². The Kier molecular flexibility index (Phi) is 4.57. The summed E-state index contributed by atoms with van der Waals surface area (Å²) in [5, 5.41) is 2.91. The van der Waals surface area contributed by atoms with Crippen LogP contribution in [0.1, 0.15) is 18.8 Å². The summed E-state index contributed by atoms with van der Waals surface area (Å²) in [5.74, 6) is 0.418. The third kappa shape index (κ3) is 3.22. The highest BCUT2D eigenvalue weighted by atomic mass is 16.2. The molecule has 0 radical (unpaired) electrons. The van der Waals surface area contributed by atoms with Crippen LogP contribution in [0.15, 0.2) is 65.6 Å². The summed E-state index contributed by atoms with van der Waals surface area (Å²) in [6.07, 6.45) is 1.75. The number of benzene rings is 2. The average molecular weight is 375 g/mol. The molecule has 0 spiro atoms. The molecule has 4 rings (SSSR count). The number of H-pyrrole nitrogens is 1. The maximum atomic E-state index is 12.6. The number of carbonyl (C=O) groups is 1. The number of nitrogens with zero attached hydrogens (tertiary/aromatic N) is 3. The number of hydrogen-bond donors (Lipinski definition) is 2. The van der Waals surface area contributed by atoms with Gasteiger partial charge in [0.15, 0.2) is 0 Å². The van der Waals surface area contributed by atoms with E-state index in [9.17, 15) is 9.59 Å². The minimum atomic E-state index is -0.310. The summed E-state index contributed by atoms with van der Waals surface area (Å²) < 4.78 is 3.03. The van der Waals surface area contributed by atoms with E-state index in [1.54, 1.807) is 17.8 Å². The van der Waals surface area contributed by atoms with Crippen molar-refractivity contribution in [1.29, 1.82) is 0 Å². The van der Waals surface area contributed by atoms with E-state index in [0.29, 0.717) is 5.82 Å². The number of aryl methyl sites for hydroxylation is 1. The van der Waals surface area contributed by atoms with Crippen LogP contribution < -0.4 is 11.0 Å². The van der Waals surface area contributed by atoms with E-state index < -0.39 is 0 Å². The van der Waals surface area contributed by atoms with Crippen LogP contribution >= 0.6 is 0 Å². The number of rotatable bonds is 5. The van der Waals surface area contributed by atoms with E-state index in [2.05, 4.69) is 15.3 Å². The lowest BCUT2D eigenvalue weighted by Crippen LogP contribution is -2.34. The number of fused-ring (bicyclic) bond motifs is 1. The van der Waals surface area contributed by atoms with Crippen molar-refractivity contribution in [2.45, 2.75) is 19.5 Å². The van der Waals surface area contributed by atoms with E-state index in [1.807, 2.05) is 61.5 Å². The lowest BCUT2D eigenvalue weighted by molar-refractivity contribution is -0.122. The number of para-hydroxylation sites is 2. The van der Waals surface area contributed by atoms with Gasteiger partial charge in [-0.05, 0) is 24.6 Å². The fourth-order valence-corrected chi connectivity index (χ4v) is 3.34. The fraction of sp³-hybridized carbons (Fsp3) is 0.190. The van der Waals surface area contributed by atoms with Crippen molar-refractivity contribution >= 4 is 16.9 Å². The molecule has 2 aromatic heterocycles. The molecule has 0 saturated carbocycles. The van der Waals surface area contributed by atoms with Gasteiger partial charge in [-0.3, -0.25) is 13.9 Å². The van der Waals surface area contributed by atoms with Gasteiger partial charge in [0.2, 0.25) is 5.91 Å². The summed E-state index contributed by atoms with van der Waals surface area (Å²) in [6, 6.07) is 17.0. The molecule has 0 bridgehead atoms. The first-order valence-corrected chi connectivity index (χ1v) is 9.08. The number of imidazole rings is 2. The van der Waals surface area contributed by atoms with Crippen molar-refractivity contribution in [3.8, 4) is 11.3 Å². The molecule has 28 heavy (non-hydrogen) atoms. The van der Waals surface area contributed by atoms with Crippen molar-refractivity contribution in [2.24, 2.45) is 7.05 Å². The summed E-state index contributed by atoms with van der Waals surface area (Å²) in [5.41, 5.74) is 3.24. The van der Waals surface area contributed by atoms with Crippen molar-refractivity contribution in [1.82, 2.24) is 24.4 Å².